The number of piperidine rings is 2. The number of aromatic hydroxyl groups is 1. The molecule has 53 heavy (non-hydrogen) atoms. The minimum atomic E-state index is -1.02. The van der Waals surface area contributed by atoms with E-state index >= 15 is 0 Å². The number of rotatable bonds is 6. The molecule has 13 nitrogen and oxygen atoms in total. The van der Waals surface area contributed by atoms with E-state index < -0.39 is 17.8 Å². The Bertz CT molecular complexity index is 1630. The molecule has 3 saturated heterocycles. The van der Waals surface area contributed by atoms with E-state index in [1.165, 1.54) is 0 Å². The lowest BCUT2D eigenvalue weighted by Crippen LogP contribution is -2.56. The van der Waals surface area contributed by atoms with E-state index in [-0.39, 0.29) is 36.2 Å². The van der Waals surface area contributed by atoms with E-state index in [2.05, 4.69) is 10.2 Å². The lowest BCUT2D eigenvalue weighted by atomic mass is 9.98. The SMILES string of the molecule is Cc1cc(C[C@@H](OC(=O)N2CCC(N3CCc4ccccc4NC3=O)CC2)C(=O)N2CCC(N3CCN(C(=O)OC(C)(C)C)CC3)CC2)cc(C)c1O. The Morgan fingerprint density at radius 1 is 0.811 bits per heavy atom. The predicted molar refractivity (Wildman–Crippen MR) is 201 cm³/mol. The topological polar surface area (TPSA) is 135 Å². The molecule has 0 bridgehead atoms. The van der Waals surface area contributed by atoms with Gasteiger partial charge in [-0.2, -0.15) is 0 Å². The maximum atomic E-state index is 14.2. The van der Waals surface area contributed by atoms with Crippen LogP contribution in [0.4, 0.5) is 20.1 Å². The second-order valence-electron chi connectivity index (χ2n) is 16.0. The summed E-state index contributed by atoms with van der Waals surface area (Å²) in [5.74, 6) is -0.00178. The number of hydrogen-bond acceptors (Lipinski definition) is 8. The number of fused-ring (bicyclic) bond motifs is 1. The monoisotopic (exact) mass is 732 g/mol. The van der Waals surface area contributed by atoms with Gasteiger partial charge < -0.3 is 39.5 Å². The number of urea groups is 1. The highest BCUT2D eigenvalue weighted by Gasteiger charge is 2.37. The number of amides is 5. The highest BCUT2D eigenvalue weighted by molar-refractivity contribution is 5.91. The Hall–Kier alpha value is -4.52. The van der Waals surface area contributed by atoms with Crippen molar-refractivity contribution in [2.75, 3.05) is 64.2 Å². The molecule has 2 aromatic rings. The number of nitrogens with one attached hydrogen (secondary N) is 1. The van der Waals surface area contributed by atoms with E-state index in [1.54, 1.807) is 9.80 Å². The molecule has 4 aliphatic rings. The lowest BCUT2D eigenvalue weighted by molar-refractivity contribution is -0.142. The van der Waals surface area contributed by atoms with E-state index in [0.29, 0.717) is 75.8 Å². The fraction of sp³-hybridized carbons (Fsp3) is 0.600. The van der Waals surface area contributed by atoms with Crippen LogP contribution in [-0.4, -0.2) is 136 Å². The van der Waals surface area contributed by atoms with E-state index in [4.69, 9.17) is 9.47 Å². The molecule has 0 radical (unpaired) electrons. The first-order valence-corrected chi connectivity index (χ1v) is 19.2. The smallest absolute Gasteiger partial charge is 0.410 e. The number of carbonyl (C=O) groups is 4. The lowest BCUT2D eigenvalue weighted by Gasteiger charge is -2.43. The zero-order valence-corrected chi connectivity index (χ0v) is 31.9. The summed E-state index contributed by atoms with van der Waals surface area (Å²) in [4.78, 5) is 63.0. The normalized spacial score (nSPS) is 20.0. The van der Waals surface area contributed by atoms with E-state index in [0.717, 1.165) is 49.2 Å². The first-order chi connectivity index (χ1) is 25.3. The van der Waals surface area contributed by atoms with Gasteiger partial charge in [-0.25, -0.2) is 14.4 Å². The molecule has 2 aromatic carbocycles. The van der Waals surface area contributed by atoms with Crippen molar-refractivity contribution >= 4 is 29.8 Å². The number of phenols is 1. The van der Waals surface area contributed by atoms with Crippen LogP contribution in [0.5, 0.6) is 5.75 Å². The van der Waals surface area contributed by atoms with Crippen LogP contribution in [0.1, 0.15) is 68.7 Å². The van der Waals surface area contributed by atoms with Gasteiger partial charge in [-0.05, 0) is 95.0 Å². The third-order valence-electron chi connectivity index (χ3n) is 11.1. The van der Waals surface area contributed by atoms with Gasteiger partial charge in [0.2, 0.25) is 0 Å². The molecule has 4 aliphatic heterocycles. The number of phenolic OH excluding ortho intramolecular Hbond substituents is 1. The van der Waals surface area contributed by atoms with Gasteiger partial charge in [0.05, 0.1) is 0 Å². The van der Waals surface area contributed by atoms with Gasteiger partial charge in [0.15, 0.2) is 6.10 Å². The molecule has 2 N–H and O–H groups in total. The van der Waals surface area contributed by atoms with Gasteiger partial charge in [-0.3, -0.25) is 9.69 Å². The maximum Gasteiger partial charge on any atom is 0.410 e. The maximum absolute atomic E-state index is 14.2. The van der Waals surface area contributed by atoms with E-state index in [1.807, 2.05) is 80.8 Å². The Balaban J connectivity index is 1.05. The predicted octanol–water partition coefficient (Wildman–Crippen LogP) is 5.16. The number of aryl methyl sites for hydroxylation is 2. The molecule has 13 heteroatoms. The molecular formula is C40H56N6O7. The van der Waals surface area contributed by atoms with Gasteiger partial charge in [-0.15, -0.1) is 0 Å². The molecule has 6 rings (SSSR count). The summed E-state index contributed by atoms with van der Waals surface area (Å²) in [6.45, 7) is 14.5. The van der Waals surface area contributed by atoms with Gasteiger partial charge >= 0.3 is 18.2 Å². The van der Waals surface area contributed by atoms with Crippen molar-refractivity contribution in [3.63, 3.8) is 0 Å². The van der Waals surface area contributed by atoms with Crippen LogP contribution in [0.3, 0.4) is 0 Å². The van der Waals surface area contributed by atoms with Gasteiger partial charge in [0.25, 0.3) is 5.91 Å². The molecule has 0 unspecified atom stereocenters. The zero-order chi connectivity index (χ0) is 37.9. The Morgan fingerprint density at radius 2 is 1.40 bits per heavy atom. The Labute approximate surface area is 313 Å². The van der Waals surface area contributed by atoms with Gasteiger partial charge in [0, 0.05) is 83.1 Å². The minimum Gasteiger partial charge on any atom is -0.507 e. The van der Waals surface area contributed by atoms with Crippen LogP contribution in [0.2, 0.25) is 0 Å². The van der Waals surface area contributed by atoms with Crippen molar-refractivity contribution in [1.82, 2.24) is 24.5 Å². The molecule has 0 spiro atoms. The molecule has 288 valence electrons. The molecule has 0 aliphatic carbocycles. The summed E-state index contributed by atoms with van der Waals surface area (Å²) >= 11 is 0. The number of piperazine rings is 1. The number of hydrogen-bond donors (Lipinski definition) is 2. The summed E-state index contributed by atoms with van der Waals surface area (Å²) in [6, 6.07) is 11.7. The molecule has 0 aromatic heterocycles. The quantitative estimate of drug-likeness (QED) is 0.417. The van der Waals surface area contributed by atoms with Crippen LogP contribution in [0.15, 0.2) is 36.4 Å². The minimum absolute atomic E-state index is 0.00433. The highest BCUT2D eigenvalue weighted by atomic mass is 16.6. The molecule has 0 saturated carbocycles. The number of para-hydroxylation sites is 1. The third kappa shape index (κ3) is 9.35. The fourth-order valence-electron chi connectivity index (χ4n) is 8.10. The molecule has 5 amide bonds. The summed E-state index contributed by atoms with van der Waals surface area (Å²) in [5.41, 5.74) is 3.64. The van der Waals surface area contributed by atoms with Crippen molar-refractivity contribution < 1.29 is 33.8 Å². The Morgan fingerprint density at radius 3 is 2.04 bits per heavy atom. The van der Waals surface area contributed by atoms with Crippen LogP contribution in [0.25, 0.3) is 0 Å². The van der Waals surface area contributed by atoms with Crippen molar-refractivity contribution in [2.24, 2.45) is 0 Å². The standard InChI is InChI=1S/C40H56N6O7/c1-27-24-29(25-28(2)35(27)47)26-34(36(48)43-15-11-31(12-16-43)42-20-22-45(23-21-42)39(51)53-40(3,4)5)52-38(50)44-17-13-32(14-18-44)46-19-10-30-8-6-7-9-33(30)41-37(46)49/h6-9,24-25,31-32,34,47H,10-23,26H2,1-5H3,(H,41,49)/t34-/m1/s1. The number of likely N-dealkylation sites (tertiary alicyclic amines) is 2. The number of benzene rings is 2. The first kappa shape index (κ1) is 38.2. The molecule has 4 heterocycles. The largest absolute Gasteiger partial charge is 0.507 e. The first-order valence-electron chi connectivity index (χ1n) is 19.2. The second-order valence-corrected chi connectivity index (χ2v) is 16.0. The van der Waals surface area contributed by atoms with Gasteiger partial charge in [0.1, 0.15) is 11.4 Å². The van der Waals surface area contributed by atoms with Crippen molar-refractivity contribution in [2.45, 2.75) is 96.9 Å². The molecule has 3 fully saturated rings. The van der Waals surface area contributed by atoms with Crippen molar-refractivity contribution in [3.05, 3.63) is 58.7 Å². The van der Waals surface area contributed by atoms with E-state index in [9.17, 15) is 24.3 Å². The average Bonchev–Trinajstić information content (AvgIpc) is 3.30. The van der Waals surface area contributed by atoms with Gasteiger partial charge in [-0.1, -0.05) is 30.3 Å². The zero-order valence-electron chi connectivity index (χ0n) is 31.9. The number of ether oxygens (including phenoxy) is 2. The number of anilines is 1. The average molecular weight is 733 g/mol. The second kappa shape index (κ2) is 16.2. The van der Waals surface area contributed by atoms with Crippen LogP contribution in [-0.2, 0) is 27.1 Å². The summed E-state index contributed by atoms with van der Waals surface area (Å²) in [7, 11) is 0. The molecular weight excluding hydrogens is 676 g/mol. The van der Waals surface area contributed by atoms with Crippen molar-refractivity contribution in [3.8, 4) is 5.75 Å². The third-order valence-corrected chi connectivity index (χ3v) is 11.1. The highest BCUT2D eigenvalue weighted by Crippen LogP contribution is 2.28. The van der Waals surface area contributed by atoms with Crippen molar-refractivity contribution in [1.29, 1.82) is 0 Å². The van der Waals surface area contributed by atoms with Crippen LogP contribution < -0.4 is 5.32 Å². The van der Waals surface area contributed by atoms with Crippen LogP contribution in [0, 0.1) is 13.8 Å². The number of nitrogens with zero attached hydrogens (tertiary/aromatic N) is 5. The summed E-state index contributed by atoms with van der Waals surface area (Å²) in [5, 5.41) is 13.4. The number of carbonyl (C=O) groups excluding carboxylic acids is 4. The fourth-order valence-corrected chi connectivity index (χ4v) is 8.10. The summed E-state index contributed by atoms with van der Waals surface area (Å²) < 4.78 is 11.6. The molecule has 1 atom stereocenters. The van der Waals surface area contributed by atoms with Crippen LogP contribution >= 0.6 is 0 Å². The summed E-state index contributed by atoms with van der Waals surface area (Å²) in [6.07, 6.45) is 1.95. The Kier molecular flexibility index (Phi) is 11.7.